The lowest BCUT2D eigenvalue weighted by atomic mass is 9.98. The summed E-state index contributed by atoms with van der Waals surface area (Å²) in [6.45, 7) is 6.08. The van der Waals surface area contributed by atoms with E-state index >= 15 is 0 Å². The molecule has 0 saturated carbocycles. The zero-order valence-corrected chi connectivity index (χ0v) is 28.8. The van der Waals surface area contributed by atoms with E-state index in [9.17, 15) is 0 Å². The fraction of sp³-hybridized carbons (Fsp3) is 0.0213. The van der Waals surface area contributed by atoms with Crippen LogP contribution in [0.1, 0.15) is 10.4 Å². The van der Waals surface area contributed by atoms with Crippen LogP contribution in [0.3, 0.4) is 0 Å². The molecule has 0 aliphatic carbocycles. The van der Waals surface area contributed by atoms with Crippen LogP contribution >= 0.6 is 11.3 Å². The van der Waals surface area contributed by atoms with Crippen LogP contribution < -0.4 is 0 Å². The summed E-state index contributed by atoms with van der Waals surface area (Å²) in [5.41, 5.74) is 8.71. The Bertz CT molecular complexity index is 3040. The maximum atomic E-state index is 5.44. The van der Waals surface area contributed by atoms with E-state index < -0.39 is 0 Å². The summed E-state index contributed by atoms with van der Waals surface area (Å²) >= 11 is 1.85. The van der Waals surface area contributed by atoms with Gasteiger partial charge in [0.1, 0.15) is 0 Å². The molecule has 10 aromatic rings. The Morgan fingerprint density at radius 2 is 1.22 bits per heavy atom. The Balaban J connectivity index is 1.28. The summed E-state index contributed by atoms with van der Waals surface area (Å²) in [6, 6.07) is 49.9. The molecule has 0 atom stereocenters. The van der Waals surface area contributed by atoms with E-state index in [0.29, 0.717) is 5.95 Å². The number of para-hydroxylation sites is 1. The fourth-order valence-corrected chi connectivity index (χ4v) is 8.99. The van der Waals surface area contributed by atoms with E-state index in [1.165, 1.54) is 58.4 Å². The molecule has 0 N–H and O–H groups in total. The monoisotopic (exact) mass is 669 g/mol. The average Bonchev–Trinajstić information content (AvgIpc) is 3.71. The molecule has 0 bridgehead atoms. The summed E-state index contributed by atoms with van der Waals surface area (Å²) in [5.74, 6) is 0.663. The van der Waals surface area contributed by atoms with Gasteiger partial charge in [0.2, 0.25) is 5.95 Å². The van der Waals surface area contributed by atoms with Crippen molar-refractivity contribution in [2.75, 3.05) is 0 Å². The number of benzene rings is 7. The highest BCUT2D eigenvalue weighted by atomic mass is 32.1. The van der Waals surface area contributed by atoms with E-state index in [2.05, 4.69) is 164 Å². The van der Waals surface area contributed by atoms with Crippen molar-refractivity contribution < 1.29 is 0 Å². The second kappa shape index (κ2) is 11.6. The molecule has 7 aromatic carbocycles. The van der Waals surface area contributed by atoms with Gasteiger partial charge in [-0.1, -0.05) is 140 Å². The summed E-state index contributed by atoms with van der Waals surface area (Å²) < 4.78 is 3.60. The number of nitrogens with zero attached hydrogens (tertiary/aromatic N) is 3. The van der Waals surface area contributed by atoms with Crippen LogP contribution in [-0.4, -0.2) is 14.5 Å². The third kappa shape index (κ3) is 4.57. The highest BCUT2D eigenvalue weighted by molar-refractivity contribution is 7.21. The van der Waals surface area contributed by atoms with Gasteiger partial charge >= 0.3 is 0 Å². The maximum Gasteiger partial charge on any atom is 0.235 e. The fourth-order valence-electron chi connectivity index (χ4n) is 7.74. The van der Waals surface area contributed by atoms with Gasteiger partial charge < -0.3 is 0 Å². The van der Waals surface area contributed by atoms with Crippen LogP contribution in [0.5, 0.6) is 0 Å². The molecular formula is C47H31N3S. The van der Waals surface area contributed by atoms with Crippen molar-refractivity contribution in [2.45, 2.75) is 6.92 Å². The molecule has 0 saturated heterocycles. The molecule has 0 fully saturated rings. The van der Waals surface area contributed by atoms with Gasteiger partial charge in [0.25, 0.3) is 0 Å². The molecule has 51 heavy (non-hydrogen) atoms. The lowest BCUT2D eigenvalue weighted by Crippen LogP contribution is -2.04. The summed E-state index contributed by atoms with van der Waals surface area (Å²) in [5, 5.41) is 9.62. The predicted molar refractivity (Wildman–Crippen MR) is 219 cm³/mol. The second-order valence-corrected chi connectivity index (χ2v) is 14.1. The maximum absolute atomic E-state index is 5.44. The summed E-state index contributed by atoms with van der Waals surface area (Å²) in [4.78, 5) is 12.0. The van der Waals surface area contributed by atoms with Crippen LogP contribution in [0.2, 0.25) is 0 Å². The number of rotatable bonds is 5. The molecule has 0 aliphatic heterocycles. The van der Waals surface area contributed by atoms with Crippen LogP contribution in [0.25, 0.3) is 98.7 Å². The Hall–Kier alpha value is -6.36. The highest BCUT2D eigenvalue weighted by Crippen LogP contribution is 2.43. The third-order valence-electron chi connectivity index (χ3n) is 10.2. The normalized spacial score (nSPS) is 12.0. The minimum atomic E-state index is 0.663. The summed E-state index contributed by atoms with van der Waals surface area (Å²) in [7, 11) is 0. The summed E-state index contributed by atoms with van der Waals surface area (Å²) in [6.07, 6.45) is 6.02. The molecule has 3 heterocycles. The van der Waals surface area contributed by atoms with Crippen molar-refractivity contribution in [1.82, 2.24) is 14.5 Å². The minimum Gasteiger partial charge on any atom is -0.277 e. The first kappa shape index (κ1) is 29.5. The van der Waals surface area contributed by atoms with Crippen molar-refractivity contribution in [3.63, 3.8) is 0 Å². The van der Waals surface area contributed by atoms with Crippen molar-refractivity contribution in [3.05, 3.63) is 169 Å². The number of hydrogen-bond acceptors (Lipinski definition) is 3. The number of thiophene rings is 1. The first-order valence-corrected chi connectivity index (χ1v) is 18.0. The zero-order chi connectivity index (χ0) is 34.1. The molecule has 0 spiro atoms. The first-order chi connectivity index (χ1) is 25.2. The van der Waals surface area contributed by atoms with Gasteiger partial charge in [-0.25, -0.2) is 9.97 Å². The van der Waals surface area contributed by atoms with Crippen molar-refractivity contribution in [1.29, 1.82) is 0 Å². The number of aryl methyl sites for hydroxylation is 1. The predicted octanol–water partition coefficient (Wildman–Crippen LogP) is 13.1. The molecular weight excluding hydrogens is 639 g/mol. The van der Waals surface area contributed by atoms with Gasteiger partial charge in [-0.3, -0.25) is 4.57 Å². The molecule has 3 aromatic heterocycles. The van der Waals surface area contributed by atoms with E-state index in [-0.39, 0.29) is 0 Å². The number of fused-ring (bicyclic) bond motifs is 10. The highest BCUT2D eigenvalue weighted by Gasteiger charge is 2.20. The molecule has 0 unspecified atom stereocenters. The largest absolute Gasteiger partial charge is 0.277 e. The van der Waals surface area contributed by atoms with E-state index in [1.807, 2.05) is 23.5 Å². The van der Waals surface area contributed by atoms with Crippen LogP contribution in [-0.2, 0) is 0 Å². The van der Waals surface area contributed by atoms with Crippen molar-refractivity contribution in [3.8, 4) is 28.3 Å². The van der Waals surface area contributed by atoms with E-state index in [0.717, 1.165) is 38.8 Å². The van der Waals surface area contributed by atoms with Crippen molar-refractivity contribution >= 4 is 81.8 Å². The van der Waals surface area contributed by atoms with Crippen LogP contribution in [0.15, 0.2) is 158 Å². The molecule has 240 valence electrons. The minimum absolute atomic E-state index is 0.663. The molecule has 4 heteroatoms. The van der Waals surface area contributed by atoms with Gasteiger partial charge in [0.15, 0.2) is 0 Å². The Kier molecular flexibility index (Phi) is 6.73. The molecule has 0 amide bonds. The second-order valence-electron chi connectivity index (χ2n) is 13.0. The molecule has 10 rings (SSSR count). The third-order valence-corrected chi connectivity index (χ3v) is 11.5. The van der Waals surface area contributed by atoms with Gasteiger partial charge in [-0.2, -0.15) is 0 Å². The number of allylic oxidation sites excluding steroid dienone is 2. The van der Waals surface area contributed by atoms with Gasteiger partial charge in [-0.15, -0.1) is 11.3 Å². The van der Waals surface area contributed by atoms with Crippen LogP contribution in [0, 0.1) is 6.92 Å². The number of hydrogen-bond donors (Lipinski definition) is 0. The van der Waals surface area contributed by atoms with Gasteiger partial charge in [0, 0.05) is 42.1 Å². The Morgan fingerprint density at radius 1 is 0.569 bits per heavy atom. The quantitative estimate of drug-likeness (QED) is 0.135. The van der Waals surface area contributed by atoms with Crippen molar-refractivity contribution in [2.24, 2.45) is 0 Å². The zero-order valence-electron chi connectivity index (χ0n) is 28.0. The lowest BCUT2D eigenvalue weighted by molar-refractivity contribution is 1.02. The van der Waals surface area contributed by atoms with Gasteiger partial charge in [-0.05, 0) is 64.0 Å². The first-order valence-electron chi connectivity index (χ1n) is 17.2. The van der Waals surface area contributed by atoms with E-state index in [1.54, 1.807) is 0 Å². The SMILES string of the molecule is C=C/C=C\c1sc2c(ccc3c4ccc5c6ccccc6n(-c6nc(-c7ccccc7)c7cc(-c8ccccc8)ccc7n6)c5c4ccc32)c1C. The topological polar surface area (TPSA) is 30.7 Å². The molecule has 0 radical (unpaired) electrons. The smallest absolute Gasteiger partial charge is 0.235 e. The Morgan fingerprint density at radius 3 is 2.00 bits per heavy atom. The number of aromatic nitrogens is 3. The molecule has 3 nitrogen and oxygen atoms in total. The van der Waals surface area contributed by atoms with E-state index in [4.69, 9.17) is 9.97 Å². The average molecular weight is 670 g/mol. The molecule has 0 aliphatic rings. The Labute approximate surface area is 299 Å². The lowest BCUT2D eigenvalue weighted by Gasteiger charge is -2.14. The van der Waals surface area contributed by atoms with Gasteiger partial charge in [0.05, 0.1) is 22.2 Å². The standard InChI is InChI=1S/C47H31N3S/c1-3-4-19-43-29(2)33-21-22-35-34-23-24-38-36-17-11-12-18-42(36)50(45(38)37(34)25-26-39(35)46(33)51-43)47-48-41-27-20-32(30-13-7-5-8-14-30)28-40(41)44(49-47)31-15-9-6-10-16-31/h3-28H,1H2,2H3/b19-4-. The van der Waals surface area contributed by atoms with Crippen LogP contribution in [0.4, 0.5) is 0 Å².